The molecular weight excluding hydrogens is 160 g/mol. The summed E-state index contributed by atoms with van der Waals surface area (Å²) in [5, 5.41) is 3.54. The minimum atomic E-state index is 0.786. The second kappa shape index (κ2) is 5.61. The Morgan fingerprint density at radius 1 is 1.31 bits per heavy atom. The molecule has 0 saturated heterocycles. The molecule has 2 heteroatoms. The van der Waals surface area contributed by atoms with E-state index in [1.54, 1.807) is 0 Å². The van der Waals surface area contributed by atoms with E-state index in [0.29, 0.717) is 0 Å². The van der Waals surface area contributed by atoms with Crippen molar-refractivity contribution < 1.29 is 0 Å². The molecule has 1 aliphatic rings. The number of nitrogens with one attached hydrogen (secondary N) is 1. The molecule has 0 aromatic heterocycles. The first-order valence-electron chi connectivity index (χ1n) is 5.71. The summed E-state index contributed by atoms with van der Waals surface area (Å²) in [7, 11) is 2.27. The number of nitrogens with zero attached hydrogens (tertiary/aromatic N) is 1. The molecular formula is C11H24N2. The molecule has 1 N–H and O–H groups in total. The highest BCUT2D eigenvalue weighted by Crippen LogP contribution is 2.23. The SMILES string of the molecule is CCCN(C)C1CCC(NCC)C1. The zero-order chi connectivity index (χ0) is 9.68. The molecule has 13 heavy (non-hydrogen) atoms. The smallest absolute Gasteiger partial charge is 0.0108 e. The van der Waals surface area contributed by atoms with Gasteiger partial charge in [0.15, 0.2) is 0 Å². The lowest BCUT2D eigenvalue weighted by atomic mass is 10.2. The second-order valence-corrected chi connectivity index (χ2v) is 4.20. The third kappa shape index (κ3) is 3.28. The van der Waals surface area contributed by atoms with Crippen molar-refractivity contribution in [2.24, 2.45) is 0 Å². The Morgan fingerprint density at radius 2 is 2.08 bits per heavy atom. The molecule has 0 spiro atoms. The number of hydrogen-bond donors (Lipinski definition) is 1. The van der Waals surface area contributed by atoms with E-state index in [4.69, 9.17) is 0 Å². The highest BCUT2D eigenvalue weighted by atomic mass is 15.1. The highest BCUT2D eigenvalue weighted by Gasteiger charge is 2.26. The van der Waals surface area contributed by atoms with Crippen LogP contribution in [0.4, 0.5) is 0 Å². The maximum Gasteiger partial charge on any atom is 0.0108 e. The van der Waals surface area contributed by atoms with E-state index in [9.17, 15) is 0 Å². The maximum absolute atomic E-state index is 3.54. The van der Waals surface area contributed by atoms with Gasteiger partial charge < -0.3 is 10.2 Å². The molecule has 2 nitrogen and oxygen atoms in total. The average Bonchev–Trinajstić information content (AvgIpc) is 2.54. The summed E-state index contributed by atoms with van der Waals surface area (Å²) in [6.07, 6.45) is 5.38. The van der Waals surface area contributed by atoms with Crippen molar-refractivity contribution in [2.75, 3.05) is 20.1 Å². The van der Waals surface area contributed by atoms with Crippen molar-refractivity contribution >= 4 is 0 Å². The van der Waals surface area contributed by atoms with Gasteiger partial charge in [0.2, 0.25) is 0 Å². The van der Waals surface area contributed by atoms with Gasteiger partial charge in [-0.3, -0.25) is 0 Å². The van der Waals surface area contributed by atoms with E-state index in [-0.39, 0.29) is 0 Å². The number of hydrogen-bond acceptors (Lipinski definition) is 2. The van der Waals surface area contributed by atoms with E-state index in [2.05, 4.69) is 31.1 Å². The lowest BCUT2D eigenvalue weighted by Crippen LogP contribution is -2.33. The number of rotatable bonds is 5. The first kappa shape index (κ1) is 11.0. The lowest BCUT2D eigenvalue weighted by Gasteiger charge is -2.23. The Hall–Kier alpha value is -0.0800. The van der Waals surface area contributed by atoms with Crippen molar-refractivity contribution in [2.45, 2.75) is 51.6 Å². The minimum Gasteiger partial charge on any atom is -0.314 e. The van der Waals surface area contributed by atoms with Crippen LogP contribution in [-0.2, 0) is 0 Å². The van der Waals surface area contributed by atoms with Gasteiger partial charge in [0.1, 0.15) is 0 Å². The van der Waals surface area contributed by atoms with Gasteiger partial charge in [0, 0.05) is 12.1 Å². The molecule has 0 radical (unpaired) electrons. The van der Waals surface area contributed by atoms with Crippen LogP contribution in [0.3, 0.4) is 0 Å². The zero-order valence-electron chi connectivity index (χ0n) is 9.34. The molecule has 0 aromatic carbocycles. The summed E-state index contributed by atoms with van der Waals surface area (Å²) < 4.78 is 0. The van der Waals surface area contributed by atoms with Crippen LogP contribution >= 0.6 is 0 Å². The Bertz CT molecular complexity index is 136. The van der Waals surface area contributed by atoms with Crippen molar-refractivity contribution in [3.8, 4) is 0 Å². The zero-order valence-corrected chi connectivity index (χ0v) is 9.34. The standard InChI is InChI=1S/C11H24N2/c1-4-8-13(3)11-7-6-10(9-11)12-5-2/h10-12H,4-9H2,1-3H3. The van der Waals surface area contributed by atoms with Crippen molar-refractivity contribution in [1.29, 1.82) is 0 Å². The Morgan fingerprint density at radius 3 is 2.69 bits per heavy atom. The first-order valence-corrected chi connectivity index (χ1v) is 5.71. The van der Waals surface area contributed by atoms with Crippen LogP contribution in [0.25, 0.3) is 0 Å². The molecule has 1 rings (SSSR count). The summed E-state index contributed by atoms with van der Waals surface area (Å²) in [4.78, 5) is 2.53. The van der Waals surface area contributed by atoms with E-state index >= 15 is 0 Å². The first-order chi connectivity index (χ1) is 6.27. The van der Waals surface area contributed by atoms with Gasteiger partial charge >= 0.3 is 0 Å². The summed E-state index contributed by atoms with van der Waals surface area (Å²) in [5.41, 5.74) is 0. The van der Waals surface area contributed by atoms with E-state index in [1.807, 2.05) is 0 Å². The van der Waals surface area contributed by atoms with E-state index < -0.39 is 0 Å². The monoisotopic (exact) mass is 184 g/mol. The van der Waals surface area contributed by atoms with Crippen molar-refractivity contribution in [3.63, 3.8) is 0 Å². The minimum absolute atomic E-state index is 0.786. The third-order valence-electron chi connectivity index (χ3n) is 3.10. The van der Waals surface area contributed by atoms with Crippen molar-refractivity contribution in [1.82, 2.24) is 10.2 Å². The Labute approximate surface area is 82.7 Å². The Balaban J connectivity index is 2.23. The van der Waals surface area contributed by atoms with Crippen molar-refractivity contribution in [3.05, 3.63) is 0 Å². The van der Waals surface area contributed by atoms with Gasteiger partial charge in [-0.15, -0.1) is 0 Å². The second-order valence-electron chi connectivity index (χ2n) is 4.20. The van der Waals surface area contributed by atoms with Crippen LogP contribution < -0.4 is 5.32 Å². The van der Waals surface area contributed by atoms with Crippen LogP contribution in [0.2, 0.25) is 0 Å². The summed E-state index contributed by atoms with van der Waals surface area (Å²) in [6, 6.07) is 1.62. The fourth-order valence-corrected chi connectivity index (χ4v) is 2.37. The molecule has 0 aromatic rings. The molecule has 2 unspecified atom stereocenters. The third-order valence-corrected chi connectivity index (χ3v) is 3.10. The van der Waals surface area contributed by atoms with Gasteiger partial charge in [-0.1, -0.05) is 13.8 Å². The van der Waals surface area contributed by atoms with Gasteiger partial charge in [0.05, 0.1) is 0 Å². The summed E-state index contributed by atoms with van der Waals surface area (Å²) in [6.45, 7) is 6.83. The van der Waals surface area contributed by atoms with Gasteiger partial charge in [-0.05, 0) is 45.8 Å². The normalized spacial score (nSPS) is 28.6. The fraction of sp³-hybridized carbons (Fsp3) is 1.00. The van der Waals surface area contributed by atoms with Crippen LogP contribution in [0, 0.1) is 0 Å². The molecule has 0 bridgehead atoms. The van der Waals surface area contributed by atoms with E-state index in [1.165, 1.54) is 32.2 Å². The summed E-state index contributed by atoms with van der Waals surface area (Å²) in [5.74, 6) is 0. The highest BCUT2D eigenvalue weighted by molar-refractivity contribution is 4.85. The molecule has 1 saturated carbocycles. The Kier molecular flexibility index (Phi) is 4.74. The topological polar surface area (TPSA) is 15.3 Å². The van der Waals surface area contributed by atoms with E-state index in [0.717, 1.165) is 18.6 Å². The predicted molar refractivity (Wildman–Crippen MR) is 58.0 cm³/mol. The summed E-state index contributed by atoms with van der Waals surface area (Å²) >= 11 is 0. The predicted octanol–water partition coefficient (Wildman–Crippen LogP) is 1.86. The molecule has 2 atom stereocenters. The van der Waals surface area contributed by atoms with Crippen LogP contribution in [0.15, 0.2) is 0 Å². The average molecular weight is 184 g/mol. The molecule has 1 aliphatic carbocycles. The van der Waals surface area contributed by atoms with Gasteiger partial charge in [-0.25, -0.2) is 0 Å². The van der Waals surface area contributed by atoms with Gasteiger partial charge in [0.25, 0.3) is 0 Å². The van der Waals surface area contributed by atoms with Crippen LogP contribution in [0.5, 0.6) is 0 Å². The van der Waals surface area contributed by atoms with Crippen LogP contribution in [-0.4, -0.2) is 37.1 Å². The fourth-order valence-electron chi connectivity index (χ4n) is 2.37. The largest absolute Gasteiger partial charge is 0.314 e. The molecule has 0 heterocycles. The molecule has 0 amide bonds. The maximum atomic E-state index is 3.54. The molecule has 1 fully saturated rings. The molecule has 78 valence electrons. The van der Waals surface area contributed by atoms with Gasteiger partial charge in [-0.2, -0.15) is 0 Å². The quantitative estimate of drug-likeness (QED) is 0.701. The van der Waals surface area contributed by atoms with Crippen LogP contribution in [0.1, 0.15) is 39.5 Å². The lowest BCUT2D eigenvalue weighted by molar-refractivity contribution is 0.242. The molecule has 0 aliphatic heterocycles.